The largest absolute Gasteiger partial charge is 0.465 e. The normalized spacial score (nSPS) is 15.3. The zero-order valence-corrected chi connectivity index (χ0v) is 23.6. The minimum absolute atomic E-state index is 0.180. The summed E-state index contributed by atoms with van der Waals surface area (Å²) in [5.74, 6) is -4.21. The van der Waals surface area contributed by atoms with Gasteiger partial charge >= 0.3 is 23.9 Å². The van der Waals surface area contributed by atoms with Crippen LogP contribution in [0.1, 0.15) is 22.3 Å². The molecule has 1 aliphatic rings. The number of hydrogen-bond acceptors (Lipinski definition) is 10. The molecule has 0 amide bonds. The van der Waals surface area contributed by atoms with Gasteiger partial charge in [-0.1, -0.05) is 36.4 Å². The third-order valence-corrected chi connectivity index (χ3v) is 6.33. The van der Waals surface area contributed by atoms with Gasteiger partial charge in [0.1, 0.15) is 22.6 Å². The van der Waals surface area contributed by atoms with Gasteiger partial charge in [-0.15, -0.1) is 0 Å². The van der Waals surface area contributed by atoms with Gasteiger partial charge in [-0.25, -0.2) is 29.2 Å². The number of ether oxygens (including phenoxy) is 4. The maximum atomic E-state index is 13.4. The Balaban J connectivity index is 2.72. The van der Waals surface area contributed by atoms with E-state index in [4.69, 9.17) is 28.9 Å². The molecule has 1 aliphatic carbocycles. The zero-order valence-electron chi connectivity index (χ0n) is 23.6. The fourth-order valence-corrected chi connectivity index (χ4v) is 4.34. The molecule has 0 fully saturated rings. The van der Waals surface area contributed by atoms with Crippen LogP contribution in [-0.2, 0) is 38.1 Å². The van der Waals surface area contributed by atoms with Crippen molar-refractivity contribution in [1.82, 2.24) is 0 Å². The highest BCUT2D eigenvalue weighted by molar-refractivity contribution is 6.64. The monoisotopic (exact) mass is 546 g/mol. The SMILES string of the molecule is COC(=O)C1=C(C(=O)OC)C(C(=O)OC)=C(C(=O)OC)C(=Nc2c(C)cccc2C)C1=Nc1c(C)cccc1C. The molecule has 208 valence electrons. The first-order chi connectivity index (χ1) is 19.0. The van der Waals surface area contributed by atoms with Crippen LogP contribution in [0.5, 0.6) is 0 Å². The number of para-hydroxylation sites is 2. The molecule has 0 N–H and O–H groups in total. The summed E-state index contributed by atoms with van der Waals surface area (Å²) in [7, 11) is 4.36. The summed E-state index contributed by atoms with van der Waals surface area (Å²) >= 11 is 0. The number of carbonyl (C=O) groups is 4. The summed E-state index contributed by atoms with van der Waals surface area (Å²) in [6, 6.07) is 10.9. The smallest absolute Gasteiger partial charge is 0.341 e. The molecule has 0 saturated heterocycles. The fraction of sp³-hybridized carbons (Fsp3) is 0.267. The number of carbonyl (C=O) groups excluding carboxylic acids is 4. The molecule has 0 spiro atoms. The minimum Gasteiger partial charge on any atom is -0.465 e. The van der Waals surface area contributed by atoms with Crippen molar-refractivity contribution >= 4 is 46.7 Å². The summed E-state index contributed by atoms with van der Waals surface area (Å²) in [5.41, 5.74) is 1.56. The Labute approximate surface area is 232 Å². The van der Waals surface area contributed by atoms with E-state index in [-0.39, 0.29) is 11.4 Å². The molecule has 40 heavy (non-hydrogen) atoms. The average Bonchev–Trinajstić information content (AvgIpc) is 2.94. The topological polar surface area (TPSA) is 130 Å². The van der Waals surface area contributed by atoms with E-state index < -0.39 is 46.2 Å². The second kappa shape index (κ2) is 12.3. The molecular formula is C30H30N2O8. The Morgan fingerprint density at radius 3 is 0.975 bits per heavy atom. The van der Waals surface area contributed by atoms with Gasteiger partial charge in [0.25, 0.3) is 0 Å². The van der Waals surface area contributed by atoms with Gasteiger partial charge in [0, 0.05) is 0 Å². The number of aliphatic imine (C=N–C) groups is 2. The number of esters is 4. The predicted octanol–water partition coefficient (Wildman–Crippen LogP) is 4.06. The van der Waals surface area contributed by atoms with E-state index in [1.165, 1.54) is 0 Å². The van der Waals surface area contributed by atoms with E-state index >= 15 is 0 Å². The third kappa shape index (κ3) is 5.47. The first kappa shape index (κ1) is 29.7. The zero-order chi connectivity index (χ0) is 29.7. The Hall–Kier alpha value is -4.86. The highest BCUT2D eigenvalue weighted by atomic mass is 16.5. The van der Waals surface area contributed by atoms with E-state index in [9.17, 15) is 19.2 Å². The lowest BCUT2D eigenvalue weighted by atomic mass is 9.81. The lowest BCUT2D eigenvalue weighted by Crippen LogP contribution is -2.38. The molecule has 0 bridgehead atoms. The van der Waals surface area contributed by atoms with Crippen molar-refractivity contribution in [3.05, 3.63) is 80.9 Å². The number of rotatable bonds is 6. The molecule has 10 nitrogen and oxygen atoms in total. The molecule has 0 atom stereocenters. The predicted molar refractivity (Wildman–Crippen MR) is 148 cm³/mol. The number of nitrogens with zero attached hydrogens (tertiary/aromatic N) is 2. The molecule has 10 heteroatoms. The van der Waals surface area contributed by atoms with Crippen molar-refractivity contribution in [3.63, 3.8) is 0 Å². The molecule has 0 aliphatic heterocycles. The molecule has 2 aromatic carbocycles. The van der Waals surface area contributed by atoms with Crippen LogP contribution < -0.4 is 0 Å². The molecule has 0 heterocycles. The number of benzene rings is 2. The van der Waals surface area contributed by atoms with Crippen LogP contribution in [0.3, 0.4) is 0 Å². The molecule has 2 aromatic rings. The van der Waals surface area contributed by atoms with Crippen molar-refractivity contribution in [3.8, 4) is 0 Å². The van der Waals surface area contributed by atoms with E-state index in [0.717, 1.165) is 50.7 Å². The van der Waals surface area contributed by atoms with Crippen LogP contribution in [0.15, 0.2) is 68.7 Å². The van der Waals surface area contributed by atoms with Crippen LogP contribution in [-0.4, -0.2) is 63.7 Å². The summed E-state index contributed by atoms with van der Waals surface area (Å²) in [6.07, 6.45) is 0. The van der Waals surface area contributed by atoms with E-state index in [0.29, 0.717) is 11.4 Å². The Morgan fingerprint density at radius 1 is 0.475 bits per heavy atom. The van der Waals surface area contributed by atoms with Gasteiger partial charge in [0.2, 0.25) is 0 Å². The van der Waals surface area contributed by atoms with Gasteiger partial charge in [0.15, 0.2) is 0 Å². The molecule has 3 rings (SSSR count). The van der Waals surface area contributed by atoms with Gasteiger partial charge in [-0.2, -0.15) is 0 Å². The van der Waals surface area contributed by atoms with Crippen molar-refractivity contribution in [2.75, 3.05) is 28.4 Å². The maximum Gasteiger partial charge on any atom is 0.341 e. The molecule has 0 unspecified atom stereocenters. The third-order valence-electron chi connectivity index (χ3n) is 6.33. The number of hydrogen-bond donors (Lipinski definition) is 0. The summed E-state index contributed by atoms with van der Waals surface area (Å²) in [5, 5.41) is 0. The molecule has 0 aromatic heterocycles. The molecular weight excluding hydrogens is 516 g/mol. The van der Waals surface area contributed by atoms with Crippen LogP contribution in [0.25, 0.3) is 0 Å². The summed E-state index contributed by atoms with van der Waals surface area (Å²) in [4.78, 5) is 62.8. The van der Waals surface area contributed by atoms with Gasteiger partial charge < -0.3 is 18.9 Å². The number of aryl methyl sites for hydroxylation is 4. The van der Waals surface area contributed by atoms with Crippen molar-refractivity contribution < 1.29 is 38.1 Å². The summed E-state index contributed by atoms with van der Waals surface area (Å²) in [6.45, 7) is 7.27. The standard InChI is InChI=1S/C30H30N2O8/c1-15-11-9-12-16(2)23(15)31-25-21(29(35)39-7)19(27(33)37-5)20(28(34)38-6)22(30(36)40-8)26(25)32-24-17(3)13-10-14-18(24)4/h9-14H,1-8H3. The quantitative estimate of drug-likeness (QED) is 0.301. The Kier molecular flexibility index (Phi) is 9.15. The second-order valence-electron chi connectivity index (χ2n) is 8.87. The number of methoxy groups -OCH3 is 4. The van der Waals surface area contributed by atoms with Crippen LogP contribution in [0.2, 0.25) is 0 Å². The lowest BCUT2D eigenvalue weighted by Gasteiger charge is -2.25. The van der Waals surface area contributed by atoms with Gasteiger partial charge in [0.05, 0.1) is 51.0 Å². The lowest BCUT2D eigenvalue weighted by molar-refractivity contribution is -0.141. The van der Waals surface area contributed by atoms with E-state index in [2.05, 4.69) is 0 Å². The average molecular weight is 547 g/mol. The maximum absolute atomic E-state index is 13.4. The first-order valence-electron chi connectivity index (χ1n) is 12.1. The Morgan fingerprint density at radius 2 is 0.725 bits per heavy atom. The van der Waals surface area contributed by atoms with Crippen LogP contribution in [0, 0.1) is 27.7 Å². The van der Waals surface area contributed by atoms with E-state index in [1.807, 2.05) is 64.1 Å². The minimum atomic E-state index is -1.09. The van der Waals surface area contributed by atoms with Crippen LogP contribution in [0.4, 0.5) is 11.4 Å². The first-order valence-corrected chi connectivity index (χ1v) is 12.1. The Bertz CT molecular complexity index is 1390. The molecule has 0 saturated carbocycles. The fourth-order valence-electron chi connectivity index (χ4n) is 4.34. The van der Waals surface area contributed by atoms with Gasteiger partial charge in [-0.05, 0) is 49.9 Å². The second-order valence-corrected chi connectivity index (χ2v) is 8.87. The van der Waals surface area contributed by atoms with Crippen molar-refractivity contribution in [1.29, 1.82) is 0 Å². The highest BCUT2D eigenvalue weighted by Gasteiger charge is 2.45. The van der Waals surface area contributed by atoms with E-state index in [1.54, 1.807) is 0 Å². The van der Waals surface area contributed by atoms with Gasteiger partial charge in [-0.3, -0.25) is 0 Å². The summed E-state index contributed by atoms with van der Waals surface area (Å²) < 4.78 is 20.0. The molecule has 0 radical (unpaired) electrons. The van der Waals surface area contributed by atoms with Crippen molar-refractivity contribution in [2.24, 2.45) is 9.98 Å². The highest BCUT2D eigenvalue weighted by Crippen LogP contribution is 2.36. The van der Waals surface area contributed by atoms with Crippen LogP contribution >= 0.6 is 0 Å². The van der Waals surface area contributed by atoms with Crippen molar-refractivity contribution in [2.45, 2.75) is 27.7 Å².